The Morgan fingerprint density at radius 1 is 1.24 bits per heavy atom. The van der Waals surface area contributed by atoms with E-state index in [9.17, 15) is 0 Å². The Labute approximate surface area is 111 Å². The first-order chi connectivity index (χ1) is 8.20. The molecule has 2 rings (SSSR count). The van der Waals surface area contributed by atoms with Crippen molar-refractivity contribution < 1.29 is 0 Å². The molecule has 0 atom stereocenters. The van der Waals surface area contributed by atoms with E-state index >= 15 is 0 Å². The highest BCUT2D eigenvalue weighted by Crippen LogP contribution is 2.33. The third-order valence-electron chi connectivity index (χ3n) is 2.60. The van der Waals surface area contributed by atoms with Gasteiger partial charge in [0.15, 0.2) is 0 Å². The second-order valence-corrected chi connectivity index (χ2v) is 5.61. The van der Waals surface area contributed by atoms with E-state index in [1.165, 1.54) is 15.3 Å². The van der Waals surface area contributed by atoms with Crippen molar-refractivity contribution >= 4 is 22.9 Å². The van der Waals surface area contributed by atoms with Crippen molar-refractivity contribution in [1.82, 2.24) is 5.32 Å². The van der Waals surface area contributed by atoms with Crippen LogP contribution in [0.4, 0.5) is 0 Å². The van der Waals surface area contributed by atoms with Crippen LogP contribution < -0.4 is 5.32 Å². The fourth-order valence-electron chi connectivity index (χ4n) is 1.69. The van der Waals surface area contributed by atoms with Crippen LogP contribution in [0.2, 0.25) is 5.02 Å². The van der Waals surface area contributed by atoms with Crippen molar-refractivity contribution in [3.63, 3.8) is 0 Å². The second kappa shape index (κ2) is 5.67. The highest BCUT2D eigenvalue weighted by atomic mass is 35.5. The largest absolute Gasteiger partial charge is 0.312 e. The summed E-state index contributed by atoms with van der Waals surface area (Å²) in [6, 6.07) is 10.5. The molecule has 1 aromatic heterocycles. The molecule has 0 unspecified atom stereocenters. The molecular formula is C14H16ClNS. The van der Waals surface area contributed by atoms with Crippen molar-refractivity contribution in [2.24, 2.45) is 0 Å². The van der Waals surface area contributed by atoms with Crippen molar-refractivity contribution in [1.29, 1.82) is 0 Å². The molecule has 17 heavy (non-hydrogen) atoms. The summed E-state index contributed by atoms with van der Waals surface area (Å²) in [4.78, 5) is 2.59. The monoisotopic (exact) mass is 265 g/mol. The lowest BCUT2D eigenvalue weighted by molar-refractivity contribution is 0.735. The van der Waals surface area contributed by atoms with E-state index in [4.69, 9.17) is 11.6 Å². The molecule has 1 N–H and O–H groups in total. The standard InChI is InChI=1S/C14H16ClNS/c1-3-16-9-11-5-7-14(17-11)12-8-10(2)4-6-13(12)15/h4-8,16H,3,9H2,1-2H3. The fraction of sp³-hybridized carbons (Fsp3) is 0.286. The Morgan fingerprint density at radius 3 is 2.82 bits per heavy atom. The van der Waals surface area contributed by atoms with E-state index in [0.717, 1.165) is 23.7 Å². The smallest absolute Gasteiger partial charge is 0.0492 e. The quantitative estimate of drug-likeness (QED) is 0.859. The molecule has 0 fully saturated rings. The number of hydrogen-bond acceptors (Lipinski definition) is 2. The fourth-order valence-corrected chi connectivity index (χ4v) is 2.98. The van der Waals surface area contributed by atoms with Crippen molar-refractivity contribution in [2.45, 2.75) is 20.4 Å². The zero-order valence-corrected chi connectivity index (χ0v) is 11.7. The molecular weight excluding hydrogens is 250 g/mol. The van der Waals surface area contributed by atoms with E-state index in [2.05, 4.69) is 37.4 Å². The van der Waals surface area contributed by atoms with Gasteiger partial charge in [-0.05, 0) is 37.7 Å². The Morgan fingerprint density at radius 2 is 2.06 bits per heavy atom. The van der Waals surface area contributed by atoms with Gasteiger partial charge in [-0.25, -0.2) is 0 Å². The maximum atomic E-state index is 6.24. The van der Waals surface area contributed by atoms with Gasteiger partial charge in [-0.1, -0.05) is 30.2 Å². The van der Waals surface area contributed by atoms with E-state index in [0.29, 0.717) is 0 Å². The van der Waals surface area contributed by atoms with Crippen LogP contribution >= 0.6 is 22.9 Å². The first-order valence-electron chi connectivity index (χ1n) is 5.76. The average Bonchev–Trinajstić information content (AvgIpc) is 2.78. The topological polar surface area (TPSA) is 12.0 Å². The van der Waals surface area contributed by atoms with Crippen LogP contribution in [-0.4, -0.2) is 6.54 Å². The summed E-state index contributed by atoms with van der Waals surface area (Å²) < 4.78 is 0. The van der Waals surface area contributed by atoms with Crippen LogP contribution in [0.15, 0.2) is 30.3 Å². The number of benzene rings is 1. The summed E-state index contributed by atoms with van der Waals surface area (Å²) in [5, 5.41) is 4.16. The van der Waals surface area contributed by atoms with Gasteiger partial charge in [-0.3, -0.25) is 0 Å². The molecule has 3 heteroatoms. The maximum absolute atomic E-state index is 6.24. The molecule has 0 aliphatic heterocycles. The molecule has 0 amide bonds. The molecule has 2 aromatic rings. The van der Waals surface area contributed by atoms with Crippen LogP contribution in [0.3, 0.4) is 0 Å². The first-order valence-corrected chi connectivity index (χ1v) is 6.96. The molecule has 1 nitrogen and oxygen atoms in total. The Hall–Kier alpha value is -0.830. The van der Waals surface area contributed by atoms with Gasteiger partial charge < -0.3 is 5.32 Å². The van der Waals surface area contributed by atoms with Gasteiger partial charge in [-0.15, -0.1) is 11.3 Å². The van der Waals surface area contributed by atoms with Crippen molar-refractivity contribution in [3.8, 4) is 10.4 Å². The van der Waals surface area contributed by atoms with Crippen LogP contribution in [-0.2, 0) is 6.54 Å². The van der Waals surface area contributed by atoms with E-state index in [1.807, 2.05) is 12.1 Å². The second-order valence-electron chi connectivity index (χ2n) is 4.03. The summed E-state index contributed by atoms with van der Waals surface area (Å²) >= 11 is 8.04. The summed E-state index contributed by atoms with van der Waals surface area (Å²) in [5.74, 6) is 0. The first kappa shape index (κ1) is 12.6. The minimum Gasteiger partial charge on any atom is -0.312 e. The molecule has 0 bridgehead atoms. The van der Waals surface area contributed by atoms with E-state index in [1.54, 1.807) is 11.3 Å². The molecule has 1 aromatic carbocycles. The lowest BCUT2D eigenvalue weighted by Gasteiger charge is -2.02. The van der Waals surface area contributed by atoms with Gasteiger partial charge in [0.05, 0.1) is 0 Å². The molecule has 0 saturated heterocycles. The van der Waals surface area contributed by atoms with Gasteiger partial charge in [0.25, 0.3) is 0 Å². The zero-order chi connectivity index (χ0) is 12.3. The highest BCUT2D eigenvalue weighted by molar-refractivity contribution is 7.15. The number of nitrogens with one attached hydrogen (secondary N) is 1. The Bertz CT molecular complexity index is 505. The summed E-state index contributed by atoms with van der Waals surface area (Å²) in [7, 11) is 0. The predicted octanol–water partition coefficient (Wildman–Crippen LogP) is 4.49. The molecule has 0 saturated carbocycles. The number of rotatable bonds is 4. The molecule has 0 aliphatic rings. The van der Waals surface area contributed by atoms with Crippen LogP contribution in [0.25, 0.3) is 10.4 Å². The van der Waals surface area contributed by atoms with Gasteiger partial charge in [0.1, 0.15) is 0 Å². The Kier molecular flexibility index (Phi) is 4.21. The predicted molar refractivity (Wildman–Crippen MR) is 76.9 cm³/mol. The third kappa shape index (κ3) is 3.09. The molecule has 0 aliphatic carbocycles. The molecule has 0 radical (unpaired) electrons. The SMILES string of the molecule is CCNCc1ccc(-c2cc(C)ccc2Cl)s1. The van der Waals surface area contributed by atoms with Crippen molar-refractivity contribution in [2.75, 3.05) is 6.54 Å². The zero-order valence-electron chi connectivity index (χ0n) is 10.1. The third-order valence-corrected chi connectivity index (χ3v) is 4.05. The van der Waals surface area contributed by atoms with Crippen LogP contribution in [0, 0.1) is 6.92 Å². The summed E-state index contributed by atoms with van der Waals surface area (Å²) in [5.41, 5.74) is 2.38. The van der Waals surface area contributed by atoms with Gasteiger partial charge in [0, 0.05) is 26.9 Å². The lowest BCUT2D eigenvalue weighted by Crippen LogP contribution is -2.10. The number of halogens is 1. The number of aryl methyl sites for hydroxylation is 1. The molecule has 90 valence electrons. The Balaban J connectivity index is 2.27. The van der Waals surface area contributed by atoms with Crippen LogP contribution in [0.5, 0.6) is 0 Å². The number of thiophene rings is 1. The maximum Gasteiger partial charge on any atom is 0.0492 e. The number of hydrogen-bond donors (Lipinski definition) is 1. The summed E-state index contributed by atoms with van der Waals surface area (Å²) in [6.07, 6.45) is 0. The van der Waals surface area contributed by atoms with Crippen LogP contribution in [0.1, 0.15) is 17.4 Å². The van der Waals surface area contributed by atoms with Gasteiger partial charge in [-0.2, -0.15) is 0 Å². The minimum atomic E-state index is 0.826. The van der Waals surface area contributed by atoms with E-state index < -0.39 is 0 Å². The van der Waals surface area contributed by atoms with Crippen molar-refractivity contribution in [3.05, 3.63) is 45.8 Å². The highest BCUT2D eigenvalue weighted by Gasteiger charge is 2.06. The normalized spacial score (nSPS) is 10.8. The lowest BCUT2D eigenvalue weighted by atomic mass is 10.1. The minimum absolute atomic E-state index is 0.826. The molecule has 1 heterocycles. The summed E-state index contributed by atoms with van der Waals surface area (Å²) in [6.45, 7) is 6.14. The van der Waals surface area contributed by atoms with Gasteiger partial charge >= 0.3 is 0 Å². The molecule has 0 spiro atoms. The van der Waals surface area contributed by atoms with Gasteiger partial charge in [0.2, 0.25) is 0 Å². The van der Waals surface area contributed by atoms with E-state index in [-0.39, 0.29) is 0 Å². The average molecular weight is 266 g/mol.